The van der Waals surface area contributed by atoms with E-state index in [0.29, 0.717) is 28.0 Å². The fourth-order valence-corrected chi connectivity index (χ4v) is 7.42. The van der Waals surface area contributed by atoms with Crippen LogP contribution >= 0.6 is 0 Å². The Morgan fingerprint density at radius 1 is 0.600 bits per heavy atom. The number of hydrogen-bond donors (Lipinski definition) is 1. The lowest BCUT2D eigenvalue weighted by Crippen LogP contribution is -2.48. The number of methoxy groups -OCH3 is 2. The molecule has 1 N–H and O–H groups in total. The number of phenols is 1. The van der Waals surface area contributed by atoms with Crippen LogP contribution in [0.5, 0.6) is 23.0 Å². The molecule has 12 nitrogen and oxygen atoms in total. The van der Waals surface area contributed by atoms with Gasteiger partial charge >= 0.3 is 5.97 Å². The second-order valence-electron chi connectivity index (χ2n) is 15.9. The molecule has 332 valence electrons. The van der Waals surface area contributed by atoms with Crippen molar-refractivity contribution in [1.29, 1.82) is 0 Å². The van der Waals surface area contributed by atoms with Gasteiger partial charge in [-0.1, -0.05) is 37.4 Å². The molecule has 0 saturated carbocycles. The Balaban J connectivity index is 0.000000186. The van der Waals surface area contributed by atoms with Gasteiger partial charge in [-0.05, 0) is 142 Å². The molecule has 2 aliphatic rings. The summed E-state index contributed by atoms with van der Waals surface area (Å²) < 4.78 is 16.5. The summed E-state index contributed by atoms with van der Waals surface area (Å²) in [6, 6.07) is 24.9. The number of ketones is 1. The van der Waals surface area contributed by atoms with Crippen molar-refractivity contribution in [2.75, 3.05) is 24.0 Å². The van der Waals surface area contributed by atoms with Crippen molar-refractivity contribution >= 4 is 34.9 Å². The van der Waals surface area contributed by atoms with Crippen LogP contribution in [-0.4, -0.2) is 52.9 Å². The fourth-order valence-electron chi connectivity index (χ4n) is 7.42. The van der Waals surface area contributed by atoms with Crippen molar-refractivity contribution in [2.45, 2.75) is 60.5 Å². The third-order valence-electron chi connectivity index (χ3n) is 11.6. The number of aryl methyl sites for hydroxylation is 4. The second-order valence-corrected chi connectivity index (χ2v) is 15.9. The summed E-state index contributed by atoms with van der Waals surface area (Å²) in [5.74, 6) is 1.44. The zero-order valence-corrected chi connectivity index (χ0v) is 38.1. The number of benzene rings is 4. The molecule has 4 aromatic carbocycles. The molecule has 2 aromatic heterocycles. The van der Waals surface area contributed by atoms with E-state index >= 15 is 0 Å². The molecule has 2 amide bonds. The third kappa shape index (κ3) is 9.72. The number of hydrogen-bond acceptors (Lipinski definition) is 10. The van der Waals surface area contributed by atoms with Crippen molar-refractivity contribution in [3.8, 4) is 23.0 Å². The Kier molecular flexibility index (Phi) is 14.1. The average Bonchev–Trinajstić information content (AvgIpc) is 3.31. The second kappa shape index (κ2) is 19.7. The monoisotopic (exact) mass is 872 g/mol. The Hall–Kier alpha value is -7.86. The maximum absolute atomic E-state index is 12.7. The molecule has 12 heteroatoms. The number of aromatic nitrogens is 2. The highest BCUT2D eigenvalue weighted by molar-refractivity contribution is 6.16. The van der Waals surface area contributed by atoms with E-state index in [2.05, 4.69) is 23.1 Å². The lowest BCUT2D eigenvalue weighted by atomic mass is 9.87. The molecule has 4 heterocycles. The minimum absolute atomic E-state index is 0.0584. The van der Waals surface area contributed by atoms with E-state index in [1.165, 1.54) is 13.1 Å². The number of pyridine rings is 2. The van der Waals surface area contributed by atoms with Crippen molar-refractivity contribution in [2.24, 2.45) is 0 Å². The van der Waals surface area contributed by atoms with E-state index in [0.717, 1.165) is 67.4 Å². The SMILES string of the molecule is C=C1C(=O)N(c2cc(C)c(C)c(OC)c2)[C@H]1c1ccc(C)c(O)c1.C=C1C(=O)N(c2cc(C)c(C)c(OC)c2)[C@H]1c1ccc(C)c(OC(=O)c2cccnc2)c1.CC(=O)c1cccnc1. The number of ether oxygens (including phenoxy) is 3. The number of aromatic hydroxyl groups is 1. The quantitative estimate of drug-likeness (QED) is 0.0489. The van der Waals surface area contributed by atoms with Gasteiger partial charge in [-0.3, -0.25) is 34.2 Å². The summed E-state index contributed by atoms with van der Waals surface area (Å²) in [6.07, 6.45) is 6.26. The van der Waals surface area contributed by atoms with Crippen molar-refractivity contribution < 1.29 is 38.5 Å². The minimum atomic E-state index is -0.488. The van der Waals surface area contributed by atoms with Crippen LogP contribution in [0.4, 0.5) is 11.4 Å². The Morgan fingerprint density at radius 2 is 1.06 bits per heavy atom. The number of carbonyl (C=O) groups is 4. The van der Waals surface area contributed by atoms with Gasteiger partial charge in [-0.15, -0.1) is 0 Å². The molecule has 65 heavy (non-hydrogen) atoms. The maximum atomic E-state index is 12.7. The average molecular weight is 873 g/mol. The number of nitrogens with zero attached hydrogens (tertiary/aromatic N) is 4. The van der Waals surface area contributed by atoms with Gasteiger partial charge < -0.3 is 19.3 Å². The summed E-state index contributed by atoms with van der Waals surface area (Å²) >= 11 is 0. The molecule has 8 rings (SSSR count). The number of Topliss-reactive ketones (excluding diaryl/α,β-unsaturated/α-hetero) is 1. The molecule has 0 radical (unpaired) electrons. The van der Waals surface area contributed by atoms with Crippen LogP contribution in [-0.2, 0) is 9.59 Å². The zero-order valence-electron chi connectivity index (χ0n) is 38.1. The highest BCUT2D eigenvalue weighted by atomic mass is 16.5. The minimum Gasteiger partial charge on any atom is -0.508 e. The van der Waals surface area contributed by atoms with Crippen LogP contribution in [0.15, 0.2) is 134 Å². The van der Waals surface area contributed by atoms with Crippen LogP contribution in [0.1, 0.15) is 84.2 Å². The fraction of sp³-hybridized carbons (Fsp3) is 0.208. The summed E-state index contributed by atoms with van der Waals surface area (Å²) in [7, 11) is 3.24. The lowest BCUT2D eigenvalue weighted by Gasteiger charge is -2.43. The number of phenolic OH excluding ortho intramolecular Hbond substituents is 1. The number of carbonyl (C=O) groups excluding carboxylic acids is 4. The molecule has 0 bridgehead atoms. The number of rotatable bonds is 9. The molecule has 2 aliphatic heterocycles. The molecular weight excluding hydrogens is 821 g/mol. The van der Waals surface area contributed by atoms with Gasteiger partial charge in [0.25, 0.3) is 11.8 Å². The summed E-state index contributed by atoms with van der Waals surface area (Å²) in [5.41, 5.74) is 11.0. The van der Waals surface area contributed by atoms with Crippen molar-refractivity contribution in [3.63, 3.8) is 0 Å². The van der Waals surface area contributed by atoms with Crippen LogP contribution in [0.2, 0.25) is 0 Å². The van der Waals surface area contributed by atoms with E-state index in [1.54, 1.807) is 79.0 Å². The smallest absolute Gasteiger partial charge is 0.345 e. The number of anilines is 2. The van der Waals surface area contributed by atoms with E-state index in [1.807, 2.05) is 90.1 Å². The first-order chi connectivity index (χ1) is 31.0. The van der Waals surface area contributed by atoms with Gasteiger partial charge in [0.2, 0.25) is 0 Å². The molecule has 2 saturated heterocycles. The predicted octanol–water partition coefficient (Wildman–Crippen LogP) is 10.1. The third-order valence-corrected chi connectivity index (χ3v) is 11.6. The van der Waals surface area contributed by atoms with Gasteiger partial charge in [0, 0.05) is 65.0 Å². The van der Waals surface area contributed by atoms with Crippen molar-refractivity contribution in [1.82, 2.24) is 9.97 Å². The maximum Gasteiger partial charge on any atom is 0.345 e. The Morgan fingerprint density at radius 3 is 1.48 bits per heavy atom. The molecule has 2 atom stereocenters. The summed E-state index contributed by atoms with van der Waals surface area (Å²) in [5, 5.41) is 9.99. The standard InChI is InChI=1S/C26H24N2O4.C20H21NO3.C7H7NO/c1-15-8-9-19(12-22(15)32-26(30)20-7-6-10-27-14-20)24-18(4)25(29)28(24)21-11-16(2)17(3)23(13-21)31-5;1-11-6-7-15(9-17(11)22)19-14(4)20(23)21(19)16-8-12(2)13(3)18(10-16)24-5;1-6(9)7-3-2-4-8-5-7/h6-14,24H,4H2,1-3,5H3;6-10,19,22H,4H2,1-3,5H3;2-5H,1H3/t24-;19-;/m11./s1. The number of amides is 2. The van der Waals surface area contributed by atoms with Crippen molar-refractivity contribution in [3.05, 3.63) is 190 Å². The van der Waals surface area contributed by atoms with Gasteiger partial charge in [0.05, 0.1) is 31.9 Å². The van der Waals surface area contributed by atoms with E-state index in [9.17, 15) is 24.3 Å². The number of esters is 1. The van der Waals surface area contributed by atoms with Crippen LogP contribution in [0.25, 0.3) is 0 Å². The topological polar surface area (TPSA) is 148 Å². The van der Waals surface area contributed by atoms with E-state index in [-0.39, 0.29) is 35.4 Å². The molecule has 6 aromatic rings. The number of β-lactam (4-membered cyclic amide) rings is 2. The lowest BCUT2D eigenvalue weighted by molar-refractivity contribution is -0.119. The first-order valence-corrected chi connectivity index (χ1v) is 20.8. The van der Waals surface area contributed by atoms with E-state index < -0.39 is 5.97 Å². The molecule has 0 aliphatic carbocycles. The largest absolute Gasteiger partial charge is 0.508 e. The highest BCUT2D eigenvalue weighted by Gasteiger charge is 2.44. The molecule has 0 spiro atoms. The predicted molar refractivity (Wildman–Crippen MR) is 251 cm³/mol. The molecule has 0 unspecified atom stereocenters. The normalized spacial score (nSPS) is 15.1. The first kappa shape index (κ1) is 46.6. The van der Waals surface area contributed by atoms with E-state index in [4.69, 9.17) is 14.2 Å². The van der Waals surface area contributed by atoms with Gasteiger partial charge in [0.1, 0.15) is 23.0 Å². The highest BCUT2D eigenvalue weighted by Crippen LogP contribution is 2.46. The van der Waals surface area contributed by atoms with Gasteiger partial charge in [-0.2, -0.15) is 0 Å². The molecule has 2 fully saturated rings. The summed E-state index contributed by atoms with van der Waals surface area (Å²) in [4.78, 5) is 59.4. The van der Waals surface area contributed by atoms with Gasteiger partial charge in [0.15, 0.2) is 5.78 Å². The van der Waals surface area contributed by atoms with Crippen LogP contribution in [0.3, 0.4) is 0 Å². The van der Waals surface area contributed by atoms with Crippen LogP contribution in [0, 0.1) is 41.5 Å². The first-order valence-electron chi connectivity index (χ1n) is 20.8. The molecular formula is C53H52N4O8. The van der Waals surface area contributed by atoms with Crippen LogP contribution < -0.4 is 24.0 Å². The summed E-state index contributed by atoms with van der Waals surface area (Å²) in [6.45, 7) is 21.1. The Bertz CT molecular complexity index is 2840. The zero-order chi connectivity index (χ0) is 47.3. The van der Waals surface area contributed by atoms with Gasteiger partial charge in [-0.25, -0.2) is 4.79 Å². The Labute approximate surface area is 379 Å².